The second-order valence-corrected chi connectivity index (χ2v) is 8.96. The standard InChI is InChI=1S/C20H24N2O6S/c23-19(22-9-1-3-16(14-22)20-27-11-12-28-20)15-5-7-18(8-6-15)29(24,25)21-13-17-4-2-10-26-17/h2,4-8,10,16,20-21H,1,3,9,11-14H2. The summed E-state index contributed by atoms with van der Waals surface area (Å²) in [5.74, 6) is 0.580. The van der Waals surface area contributed by atoms with Crippen molar-refractivity contribution in [2.75, 3.05) is 26.3 Å². The van der Waals surface area contributed by atoms with Crippen LogP contribution in [0.5, 0.6) is 0 Å². The van der Waals surface area contributed by atoms with Gasteiger partial charge in [-0.2, -0.15) is 0 Å². The maximum absolute atomic E-state index is 12.9. The van der Waals surface area contributed by atoms with Crippen LogP contribution < -0.4 is 4.72 Å². The Morgan fingerprint density at radius 3 is 2.59 bits per heavy atom. The second kappa shape index (κ2) is 8.66. The minimum Gasteiger partial charge on any atom is -0.468 e. The Morgan fingerprint density at radius 1 is 1.14 bits per heavy atom. The van der Waals surface area contributed by atoms with Gasteiger partial charge >= 0.3 is 0 Å². The van der Waals surface area contributed by atoms with Crippen molar-refractivity contribution in [3.05, 3.63) is 54.0 Å². The Balaban J connectivity index is 1.39. The first-order valence-corrected chi connectivity index (χ1v) is 11.2. The van der Waals surface area contributed by atoms with Crippen LogP contribution in [-0.2, 0) is 26.0 Å². The molecule has 1 unspecified atom stereocenters. The van der Waals surface area contributed by atoms with E-state index in [9.17, 15) is 13.2 Å². The lowest BCUT2D eigenvalue weighted by Gasteiger charge is -2.34. The molecule has 1 amide bonds. The van der Waals surface area contributed by atoms with Crippen LogP contribution in [0.25, 0.3) is 0 Å². The lowest BCUT2D eigenvalue weighted by molar-refractivity contribution is -0.0969. The molecular formula is C20H24N2O6S. The number of amides is 1. The van der Waals surface area contributed by atoms with Crippen LogP contribution in [0.2, 0.25) is 0 Å². The average molecular weight is 420 g/mol. The molecule has 1 N–H and O–H groups in total. The highest BCUT2D eigenvalue weighted by atomic mass is 32.2. The maximum Gasteiger partial charge on any atom is 0.253 e. The summed E-state index contributed by atoms with van der Waals surface area (Å²) in [6.07, 6.45) is 3.11. The first kappa shape index (κ1) is 20.1. The van der Waals surface area contributed by atoms with Crippen molar-refractivity contribution >= 4 is 15.9 Å². The van der Waals surface area contributed by atoms with E-state index in [4.69, 9.17) is 13.9 Å². The molecule has 2 aliphatic heterocycles. The van der Waals surface area contributed by atoms with Crippen molar-refractivity contribution < 1.29 is 27.1 Å². The van der Waals surface area contributed by atoms with Gasteiger partial charge in [-0.1, -0.05) is 0 Å². The molecule has 4 rings (SSSR count). The number of hydrogen-bond donors (Lipinski definition) is 1. The topological polar surface area (TPSA) is 98.1 Å². The molecule has 1 aromatic heterocycles. The van der Waals surface area contributed by atoms with Crippen LogP contribution in [-0.4, -0.2) is 51.8 Å². The number of carbonyl (C=O) groups excluding carboxylic acids is 1. The van der Waals surface area contributed by atoms with Gasteiger partial charge in [0.05, 0.1) is 30.9 Å². The van der Waals surface area contributed by atoms with Crippen LogP contribution in [0, 0.1) is 5.92 Å². The van der Waals surface area contributed by atoms with Gasteiger partial charge in [0.1, 0.15) is 5.76 Å². The summed E-state index contributed by atoms with van der Waals surface area (Å²) < 4.78 is 43.6. The Bertz CT molecular complexity index is 920. The van der Waals surface area contributed by atoms with Crippen molar-refractivity contribution in [3.8, 4) is 0 Å². The quantitative estimate of drug-likeness (QED) is 0.767. The first-order chi connectivity index (χ1) is 14.0. The van der Waals surface area contributed by atoms with Gasteiger partial charge in [0, 0.05) is 24.6 Å². The molecule has 1 atom stereocenters. The molecule has 2 aromatic rings. The molecular weight excluding hydrogens is 396 g/mol. The van der Waals surface area contributed by atoms with Gasteiger partial charge in [-0.3, -0.25) is 4.79 Å². The third kappa shape index (κ3) is 4.69. The molecule has 0 aliphatic carbocycles. The molecule has 29 heavy (non-hydrogen) atoms. The summed E-state index contributed by atoms with van der Waals surface area (Å²) in [4.78, 5) is 14.8. The normalized spacial score (nSPS) is 20.8. The summed E-state index contributed by atoms with van der Waals surface area (Å²) >= 11 is 0. The maximum atomic E-state index is 12.9. The highest BCUT2D eigenvalue weighted by Crippen LogP contribution is 2.26. The lowest BCUT2D eigenvalue weighted by Crippen LogP contribution is -2.43. The molecule has 0 saturated carbocycles. The van der Waals surface area contributed by atoms with E-state index in [0.29, 0.717) is 37.6 Å². The van der Waals surface area contributed by atoms with E-state index in [0.717, 1.165) is 12.8 Å². The Kier molecular flexibility index (Phi) is 6.00. The minimum atomic E-state index is -3.69. The molecule has 9 heteroatoms. The van der Waals surface area contributed by atoms with E-state index in [2.05, 4.69) is 4.72 Å². The van der Waals surface area contributed by atoms with Gasteiger partial charge in [0.15, 0.2) is 6.29 Å². The third-order valence-corrected chi connectivity index (χ3v) is 6.62. The molecule has 156 valence electrons. The summed E-state index contributed by atoms with van der Waals surface area (Å²) in [5.41, 5.74) is 0.462. The Morgan fingerprint density at radius 2 is 1.90 bits per heavy atom. The number of piperidine rings is 1. The van der Waals surface area contributed by atoms with E-state index < -0.39 is 10.0 Å². The fourth-order valence-electron chi connectivity index (χ4n) is 3.69. The summed E-state index contributed by atoms with van der Waals surface area (Å²) in [6, 6.07) is 9.38. The van der Waals surface area contributed by atoms with Crippen molar-refractivity contribution in [1.82, 2.24) is 9.62 Å². The zero-order chi connectivity index (χ0) is 20.3. The molecule has 2 saturated heterocycles. The number of nitrogens with zero attached hydrogens (tertiary/aromatic N) is 1. The predicted molar refractivity (Wildman–Crippen MR) is 103 cm³/mol. The summed E-state index contributed by atoms with van der Waals surface area (Å²) in [7, 11) is -3.69. The zero-order valence-electron chi connectivity index (χ0n) is 16.0. The van der Waals surface area contributed by atoms with E-state index >= 15 is 0 Å². The van der Waals surface area contributed by atoms with E-state index in [1.165, 1.54) is 18.4 Å². The third-order valence-electron chi connectivity index (χ3n) is 5.21. The van der Waals surface area contributed by atoms with Crippen LogP contribution in [0.15, 0.2) is 52.0 Å². The lowest BCUT2D eigenvalue weighted by atomic mass is 9.96. The van der Waals surface area contributed by atoms with Crippen molar-refractivity contribution in [2.24, 2.45) is 5.92 Å². The number of furan rings is 1. The number of ether oxygens (including phenoxy) is 2. The van der Waals surface area contributed by atoms with Crippen molar-refractivity contribution in [2.45, 2.75) is 30.6 Å². The number of nitrogens with one attached hydrogen (secondary N) is 1. The molecule has 0 bridgehead atoms. The predicted octanol–water partition coefficient (Wildman–Crippen LogP) is 1.98. The van der Waals surface area contributed by atoms with Gasteiger partial charge in [-0.15, -0.1) is 0 Å². The highest BCUT2D eigenvalue weighted by Gasteiger charge is 2.33. The van der Waals surface area contributed by atoms with Crippen molar-refractivity contribution in [3.63, 3.8) is 0 Å². The fraction of sp³-hybridized carbons (Fsp3) is 0.450. The second-order valence-electron chi connectivity index (χ2n) is 7.19. The first-order valence-electron chi connectivity index (χ1n) is 9.67. The summed E-state index contributed by atoms with van der Waals surface area (Å²) in [5, 5.41) is 0. The van der Waals surface area contributed by atoms with Crippen molar-refractivity contribution in [1.29, 1.82) is 0 Å². The molecule has 3 heterocycles. The van der Waals surface area contributed by atoms with E-state index in [1.807, 2.05) is 0 Å². The molecule has 2 aliphatic rings. The summed E-state index contributed by atoms with van der Waals surface area (Å²) in [6.45, 7) is 2.51. The fourth-order valence-corrected chi connectivity index (χ4v) is 4.68. The number of sulfonamides is 1. The molecule has 1 aromatic carbocycles. The number of likely N-dealkylation sites (tertiary alicyclic amines) is 1. The smallest absolute Gasteiger partial charge is 0.253 e. The highest BCUT2D eigenvalue weighted by molar-refractivity contribution is 7.89. The monoisotopic (exact) mass is 420 g/mol. The molecule has 0 spiro atoms. The van der Waals surface area contributed by atoms with Crippen LogP contribution >= 0.6 is 0 Å². The van der Waals surface area contributed by atoms with Gasteiger partial charge in [-0.05, 0) is 49.2 Å². The van der Waals surface area contributed by atoms with Crippen LogP contribution in [0.1, 0.15) is 29.0 Å². The number of benzene rings is 1. The average Bonchev–Trinajstić information content (AvgIpc) is 3.46. The Hall–Kier alpha value is -2.20. The number of hydrogen-bond acceptors (Lipinski definition) is 6. The van der Waals surface area contributed by atoms with E-state index in [1.54, 1.807) is 29.2 Å². The molecule has 2 fully saturated rings. The van der Waals surface area contributed by atoms with Crippen LogP contribution in [0.3, 0.4) is 0 Å². The molecule has 8 nitrogen and oxygen atoms in total. The minimum absolute atomic E-state index is 0.0660. The largest absolute Gasteiger partial charge is 0.468 e. The van der Waals surface area contributed by atoms with Crippen LogP contribution in [0.4, 0.5) is 0 Å². The molecule has 0 radical (unpaired) electrons. The Labute approximate surface area is 169 Å². The number of rotatable bonds is 6. The van der Waals surface area contributed by atoms with Gasteiger partial charge in [-0.25, -0.2) is 13.1 Å². The number of carbonyl (C=O) groups is 1. The van der Waals surface area contributed by atoms with Gasteiger partial charge in [0.2, 0.25) is 10.0 Å². The van der Waals surface area contributed by atoms with E-state index in [-0.39, 0.29) is 29.6 Å². The van der Waals surface area contributed by atoms with Gasteiger partial charge in [0.25, 0.3) is 5.91 Å². The zero-order valence-corrected chi connectivity index (χ0v) is 16.8. The SMILES string of the molecule is O=C(c1ccc(S(=O)(=O)NCc2ccco2)cc1)N1CCCC(C2OCCO2)C1. The van der Waals surface area contributed by atoms with Gasteiger partial charge < -0.3 is 18.8 Å².